The van der Waals surface area contributed by atoms with E-state index in [0.717, 1.165) is 6.42 Å². The maximum atomic E-state index is 12.6. The summed E-state index contributed by atoms with van der Waals surface area (Å²) in [6.45, 7) is 0.946. The molecule has 2 atom stereocenters. The van der Waals surface area contributed by atoms with E-state index in [4.69, 9.17) is 15.2 Å². The highest BCUT2D eigenvalue weighted by Crippen LogP contribution is 2.39. The largest absolute Gasteiger partial charge is 0.454 e. The molecule has 1 amide bonds. The van der Waals surface area contributed by atoms with Crippen LogP contribution in [0, 0.1) is 5.92 Å². The topological polar surface area (TPSA) is 74.0 Å². The molecule has 6 nitrogen and oxygen atoms in total. The van der Waals surface area contributed by atoms with Gasteiger partial charge in [-0.2, -0.15) is 8.78 Å². The molecule has 2 N–H and O–H groups in total. The number of nitrogens with zero attached hydrogens (tertiary/aromatic N) is 1. The van der Waals surface area contributed by atoms with Crippen molar-refractivity contribution < 1.29 is 27.8 Å². The minimum Gasteiger partial charge on any atom is -0.454 e. The Morgan fingerprint density at radius 1 is 1.36 bits per heavy atom. The highest BCUT2D eigenvalue weighted by molar-refractivity contribution is 5.85. The number of hydrogen-bond donors (Lipinski definition) is 1. The molecule has 2 unspecified atom stereocenters. The molecule has 1 aromatic rings. The number of rotatable bonds is 7. The van der Waals surface area contributed by atoms with Gasteiger partial charge in [-0.25, -0.2) is 0 Å². The summed E-state index contributed by atoms with van der Waals surface area (Å²) in [5.41, 5.74) is 6.34. The Labute approximate surface area is 151 Å². The third kappa shape index (κ3) is 5.09. The molecule has 2 rings (SSSR count). The lowest BCUT2D eigenvalue weighted by Gasteiger charge is -2.25. The second-order valence-corrected chi connectivity index (χ2v) is 5.80. The fourth-order valence-electron chi connectivity index (χ4n) is 2.38. The molecule has 0 aromatic heterocycles. The Morgan fingerprint density at radius 3 is 2.52 bits per heavy atom. The molecule has 1 aromatic carbocycles. The maximum Gasteiger partial charge on any atom is 0.387 e. The zero-order valence-electron chi connectivity index (χ0n) is 14.3. The number of nitrogens with two attached hydrogens (primary N) is 1. The average molecular weight is 381 g/mol. The van der Waals surface area contributed by atoms with Crippen molar-refractivity contribution in [1.82, 2.24) is 4.90 Å². The van der Waals surface area contributed by atoms with Crippen molar-refractivity contribution in [2.24, 2.45) is 11.7 Å². The average Bonchev–Trinajstić information content (AvgIpc) is 2.99. The quantitative estimate of drug-likeness (QED) is 0.787. The number of hydrogen-bond acceptors (Lipinski definition) is 5. The first-order valence-electron chi connectivity index (χ1n) is 7.71. The minimum atomic E-state index is -2.98. The summed E-state index contributed by atoms with van der Waals surface area (Å²) < 4.78 is 40.2. The molecule has 0 saturated heterocycles. The van der Waals surface area contributed by atoms with Gasteiger partial charge in [0.15, 0.2) is 11.5 Å². The summed E-state index contributed by atoms with van der Waals surface area (Å²) in [6.07, 6.45) is 0.768. The predicted octanol–water partition coefficient (Wildman–Crippen LogP) is 2.77. The normalized spacial score (nSPS) is 14.7. The number of ether oxygens (including phenoxy) is 3. The van der Waals surface area contributed by atoms with Crippen LogP contribution in [0.3, 0.4) is 0 Å². The van der Waals surface area contributed by atoms with Gasteiger partial charge < -0.3 is 24.8 Å². The van der Waals surface area contributed by atoms with Crippen molar-refractivity contribution in [1.29, 1.82) is 0 Å². The molecule has 25 heavy (non-hydrogen) atoms. The summed E-state index contributed by atoms with van der Waals surface area (Å²) in [4.78, 5) is 13.8. The van der Waals surface area contributed by atoms with Crippen LogP contribution in [0.25, 0.3) is 0 Å². The molecule has 0 bridgehead atoms. The van der Waals surface area contributed by atoms with Crippen LogP contribution in [0.5, 0.6) is 17.2 Å². The van der Waals surface area contributed by atoms with Crippen molar-refractivity contribution in [3.05, 3.63) is 17.7 Å². The van der Waals surface area contributed by atoms with Gasteiger partial charge in [0.25, 0.3) is 0 Å². The molecule has 0 fully saturated rings. The highest BCUT2D eigenvalue weighted by Gasteiger charge is 2.25. The lowest BCUT2D eigenvalue weighted by Crippen LogP contribution is -2.45. The number of amides is 1. The molecular weight excluding hydrogens is 358 g/mol. The van der Waals surface area contributed by atoms with Crippen LogP contribution in [0.15, 0.2) is 12.1 Å². The van der Waals surface area contributed by atoms with Crippen LogP contribution in [-0.4, -0.2) is 37.3 Å². The number of carbonyl (C=O) groups is 1. The SMILES string of the molecule is CCC(C)C(N)C(=O)N(C)Cc1cc2c(cc1OC(F)F)OCO2.Cl. The predicted molar refractivity (Wildman–Crippen MR) is 90.3 cm³/mol. The van der Waals surface area contributed by atoms with Crippen molar-refractivity contribution in [3.63, 3.8) is 0 Å². The Morgan fingerprint density at radius 2 is 1.96 bits per heavy atom. The monoisotopic (exact) mass is 380 g/mol. The maximum absolute atomic E-state index is 12.6. The Balaban J connectivity index is 0.00000312. The zero-order valence-corrected chi connectivity index (χ0v) is 15.1. The standard InChI is InChI=1S/C16H22F2N2O4.ClH/c1-4-9(2)14(19)15(21)20(3)7-10-5-12-13(23-8-22-12)6-11(10)24-16(17)18;/h5-6,9,14,16H,4,7-8,19H2,1-3H3;1H. The first kappa shape index (κ1) is 21.2. The van der Waals surface area contributed by atoms with Gasteiger partial charge in [0, 0.05) is 25.2 Å². The summed E-state index contributed by atoms with van der Waals surface area (Å²) in [6, 6.07) is 2.24. The smallest absolute Gasteiger partial charge is 0.387 e. The van der Waals surface area contributed by atoms with Crippen LogP contribution in [0.4, 0.5) is 8.78 Å². The van der Waals surface area contributed by atoms with Gasteiger partial charge in [-0.1, -0.05) is 20.3 Å². The fourth-order valence-corrected chi connectivity index (χ4v) is 2.38. The van der Waals surface area contributed by atoms with E-state index in [9.17, 15) is 13.6 Å². The number of halogens is 3. The lowest BCUT2D eigenvalue weighted by molar-refractivity contribution is -0.133. The number of alkyl halides is 2. The van der Waals surface area contributed by atoms with Gasteiger partial charge in [-0.05, 0) is 12.0 Å². The highest BCUT2D eigenvalue weighted by atomic mass is 35.5. The summed E-state index contributed by atoms with van der Waals surface area (Å²) >= 11 is 0. The van der Waals surface area contributed by atoms with Crippen LogP contribution in [0.2, 0.25) is 0 Å². The van der Waals surface area contributed by atoms with Gasteiger partial charge in [0.2, 0.25) is 12.7 Å². The van der Waals surface area contributed by atoms with E-state index < -0.39 is 12.7 Å². The van der Waals surface area contributed by atoms with Gasteiger partial charge >= 0.3 is 6.61 Å². The van der Waals surface area contributed by atoms with E-state index in [-0.39, 0.29) is 43.3 Å². The molecule has 1 heterocycles. The van der Waals surface area contributed by atoms with E-state index in [2.05, 4.69) is 4.74 Å². The number of benzene rings is 1. The summed E-state index contributed by atoms with van der Waals surface area (Å²) in [5.74, 6) is 0.475. The zero-order chi connectivity index (χ0) is 17.9. The second-order valence-electron chi connectivity index (χ2n) is 5.80. The molecule has 9 heteroatoms. The molecular formula is C16H23ClF2N2O4. The van der Waals surface area contributed by atoms with Crippen molar-refractivity contribution in [3.8, 4) is 17.2 Å². The number of carbonyl (C=O) groups excluding carboxylic acids is 1. The molecule has 0 spiro atoms. The van der Waals surface area contributed by atoms with Crippen molar-refractivity contribution >= 4 is 18.3 Å². The van der Waals surface area contributed by atoms with Crippen LogP contribution >= 0.6 is 12.4 Å². The second kappa shape index (κ2) is 9.05. The Kier molecular flexibility index (Phi) is 7.69. The summed E-state index contributed by atoms with van der Waals surface area (Å²) in [7, 11) is 1.57. The van der Waals surface area contributed by atoms with Gasteiger partial charge in [-0.15, -0.1) is 12.4 Å². The van der Waals surface area contributed by atoms with Crippen molar-refractivity contribution in [2.75, 3.05) is 13.8 Å². The van der Waals surface area contributed by atoms with Gasteiger partial charge in [-0.3, -0.25) is 4.79 Å². The van der Waals surface area contributed by atoms with Gasteiger partial charge in [0.05, 0.1) is 6.04 Å². The van der Waals surface area contributed by atoms with E-state index in [1.807, 2.05) is 13.8 Å². The Hall–Kier alpha value is -1.80. The van der Waals surface area contributed by atoms with Gasteiger partial charge in [0.1, 0.15) is 5.75 Å². The molecule has 142 valence electrons. The van der Waals surface area contributed by atoms with E-state index in [0.29, 0.717) is 17.1 Å². The first-order valence-corrected chi connectivity index (χ1v) is 7.71. The number of likely N-dealkylation sites (N-methyl/N-ethyl adjacent to an activating group) is 1. The fraction of sp³-hybridized carbons (Fsp3) is 0.562. The van der Waals surface area contributed by atoms with E-state index >= 15 is 0 Å². The van der Waals surface area contributed by atoms with Crippen molar-refractivity contribution in [2.45, 2.75) is 39.5 Å². The molecule has 0 aliphatic carbocycles. The third-order valence-electron chi connectivity index (χ3n) is 4.10. The Bertz CT molecular complexity index is 604. The number of fused-ring (bicyclic) bond motifs is 1. The molecule has 0 radical (unpaired) electrons. The van der Waals surface area contributed by atoms with E-state index in [1.165, 1.54) is 11.0 Å². The third-order valence-corrected chi connectivity index (χ3v) is 4.10. The lowest BCUT2D eigenvalue weighted by atomic mass is 9.99. The van der Waals surface area contributed by atoms with Crippen LogP contribution in [0.1, 0.15) is 25.8 Å². The van der Waals surface area contributed by atoms with Crippen LogP contribution < -0.4 is 19.9 Å². The summed E-state index contributed by atoms with van der Waals surface area (Å²) in [5, 5.41) is 0. The van der Waals surface area contributed by atoms with Crippen LogP contribution in [-0.2, 0) is 11.3 Å². The minimum absolute atomic E-state index is 0. The molecule has 0 saturated carbocycles. The first-order chi connectivity index (χ1) is 11.3. The van der Waals surface area contributed by atoms with E-state index in [1.54, 1.807) is 13.1 Å². The molecule has 1 aliphatic heterocycles. The molecule has 1 aliphatic rings.